The number of carboxylic acid groups (broad SMARTS) is 1. The molecule has 0 saturated carbocycles. The maximum Gasteiger partial charge on any atom is 0.321 e. The molecule has 0 bridgehead atoms. The zero-order valence-electron chi connectivity index (χ0n) is 10.7. The lowest BCUT2D eigenvalue weighted by Crippen LogP contribution is -2.39. The van der Waals surface area contributed by atoms with Crippen molar-refractivity contribution < 1.29 is 26.7 Å². The van der Waals surface area contributed by atoms with Crippen molar-refractivity contribution in [1.29, 1.82) is 0 Å². The number of carboxylic acids is 1. The van der Waals surface area contributed by atoms with Gasteiger partial charge in [-0.1, -0.05) is 12.1 Å². The SMILES string of the molecule is CNS(=O)(=O)c1ccccc1S(=O)(=O)NC(C)C(=O)O. The fraction of sp³-hybridized carbons (Fsp3) is 0.300. The molecule has 0 fully saturated rings. The Labute approximate surface area is 116 Å². The average Bonchev–Trinajstić information content (AvgIpc) is 2.38. The monoisotopic (exact) mass is 322 g/mol. The van der Waals surface area contributed by atoms with Crippen LogP contribution in [0.2, 0.25) is 0 Å². The number of benzene rings is 1. The summed E-state index contributed by atoms with van der Waals surface area (Å²) in [5, 5.41) is 8.71. The van der Waals surface area contributed by atoms with Crippen LogP contribution in [-0.4, -0.2) is 41.0 Å². The van der Waals surface area contributed by atoms with E-state index in [1.54, 1.807) is 0 Å². The van der Waals surface area contributed by atoms with Gasteiger partial charge in [0, 0.05) is 0 Å². The second kappa shape index (κ2) is 5.87. The molecule has 1 atom stereocenters. The zero-order valence-corrected chi connectivity index (χ0v) is 12.3. The van der Waals surface area contributed by atoms with E-state index in [2.05, 4.69) is 0 Å². The van der Waals surface area contributed by atoms with Crippen LogP contribution in [0.3, 0.4) is 0 Å². The van der Waals surface area contributed by atoms with Gasteiger partial charge in [0.1, 0.15) is 15.8 Å². The summed E-state index contributed by atoms with van der Waals surface area (Å²) in [5.41, 5.74) is 0. The van der Waals surface area contributed by atoms with Crippen LogP contribution >= 0.6 is 0 Å². The Hall–Kier alpha value is -1.49. The Kier molecular flexibility index (Phi) is 4.86. The molecule has 10 heteroatoms. The van der Waals surface area contributed by atoms with Crippen LogP contribution in [0, 0.1) is 0 Å². The molecule has 1 aromatic carbocycles. The van der Waals surface area contributed by atoms with Crippen molar-refractivity contribution in [3.63, 3.8) is 0 Å². The van der Waals surface area contributed by atoms with Crippen molar-refractivity contribution in [2.24, 2.45) is 0 Å². The van der Waals surface area contributed by atoms with Gasteiger partial charge in [-0.05, 0) is 26.1 Å². The van der Waals surface area contributed by atoms with Crippen LogP contribution in [0.15, 0.2) is 34.1 Å². The molecule has 1 unspecified atom stereocenters. The van der Waals surface area contributed by atoms with Crippen LogP contribution in [0.4, 0.5) is 0 Å². The molecule has 20 heavy (non-hydrogen) atoms. The Balaban J connectivity index is 3.38. The Morgan fingerprint density at radius 3 is 1.95 bits per heavy atom. The standard InChI is InChI=1S/C10H14N2O6S2/c1-7(10(13)14)12-20(17,18)9-6-4-3-5-8(9)19(15,16)11-2/h3-7,11-12H,1-2H3,(H,13,14). The van der Waals surface area contributed by atoms with E-state index in [9.17, 15) is 21.6 Å². The van der Waals surface area contributed by atoms with Crippen molar-refractivity contribution >= 4 is 26.0 Å². The molecule has 0 spiro atoms. The topological polar surface area (TPSA) is 130 Å². The minimum Gasteiger partial charge on any atom is -0.480 e. The molecule has 1 aromatic rings. The van der Waals surface area contributed by atoms with E-state index < -0.39 is 41.8 Å². The van der Waals surface area contributed by atoms with Crippen LogP contribution in [0.1, 0.15) is 6.92 Å². The van der Waals surface area contributed by atoms with E-state index in [0.29, 0.717) is 0 Å². The van der Waals surface area contributed by atoms with Gasteiger partial charge in [0.25, 0.3) is 0 Å². The highest BCUT2D eigenvalue weighted by atomic mass is 32.2. The smallest absolute Gasteiger partial charge is 0.321 e. The molecule has 0 aromatic heterocycles. The fourth-order valence-corrected chi connectivity index (χ4v) is 4.10. The quantitative estimate of drug-likeness (QED) is 0.638. The third-order valence-corrected chi connectivity index (χ3v) is 5.60. The fourth-order valence-electron chi connectivity index (χ4n) is 1.35. The molecule has 0 radical (unpaired) electrons. The highest BCUT2D eigenvalue weighted by Gasteiger charge is 2.28. The highest BCUT2D eigenvalue weighted by Crippen LogP contribution is 2.20. The molecule has 0 amide bonds. The van der Waals surface area contributed by atoms with E-state index in [0.717, 1.165) is 26.1 Å². The molecule has 0 aliphatic heterocycles. The predicted octanol–water partition coefficient (Wildman–Crippen LogP) is -0.654. The van der Waals surface area contributed by atoms with E-state index in [4.69, 9.17) is 5.11 Å². The maximum atomic E-state index is 12.1. The summed E-state index contributed by atoms with van der Waals surface area (Å²) in [6.07, 6.45) is 0. The molecule has 3 N–H and O–H groups in total. The summed E-state index contributed by atoms with van der Waals surface area (Å²) < 4.78 is 51.6. The van der Waals surface area contributed by atoms with Crippen molar-refractivity contribution in [3.05, 3.63) is 24.3 Å². The van der Waals surface area contributed by atoms with E-state index >= 15 is 0 Å². The number of sulfonamides is 2. The number of hydrogen-bond donors (Lipinski definition) is 3. The van der Waals surface area contributed by atoms with Crippen molar-refractivity contribution in [2.75, 3.05) is 7.05 Å². The maximum absolute atomic E-state index is 12.1. The first-order valence-corrected chi connectivity index (χ1v) is 8.36. The average molecular weight is 322 g/mol. The van der Waals surface area contributed by atoms with Gasteiger partial charge < -0.3 is 5.11 Å². The predicted molar refractivity (Wildman–Crippen MR) is 70.1 cm³/mol. The largest absolute Gasteiger partial charge is 0.480 e. The summed E-state index contributed by atoms with van der Waals surface area (Å²) in [6.45, 7) is 1.13. The first-order chi connectivity index (χ1) is 9.12. The molecule has 1 rings (SSSR count). The summed E-state index contributed by atoms with van der Waals surface area (Å²) in [6, 6.07) is 3.52. The van der Waals surface area contributed by atoms with E-state index in [1.807, 2.05) is 9.44 Å². The summed E-state index contributed by atoms with van der Waals surface area (Å²) >= 11 is 0. The number of nitrogens with one attached hydrogen (secondary N) is 2. The molecule has 112 valence electrons. The van der Waals surface area contributed by atoms with Crippen molar-refractivity contribution in [3.8, 4) is 0 Å². The minimum atomic E-state index is -4.28. The second-order valence-electron chi connectivity index (χ2n) is 3.84. The molecule has 0 aliphatic carbocycles. The van der Waals surface area contributed by atoms with Crippen molar-refractivity contribution in [2.45, 2.75) is 22.8 Å². The van der Waals surface area contributed by atoms with Gasteiger partial charge in [-0.15, -0.1) is 0 Å². The summed E-state index contributed by atoms with van der Waals surface area (Å²) in [7, 11) is -7.12. The van der Waals surface area contributed by atoms with Gasteiger partial charge in [-0.2, -0.15) is 4.72 Å². The molecule has 0 saturated heterocycles. The number of aliphatic carboxylic acids is 1. The normalized spacial score (nSPS) is 13.9. The van der Waals surface area contributed by atoms with Crippen LogP contribution in [0.25, 0.3) is 0 Å². The third-order valence-electron chi connectivity index (χ3n) is 2.40. The zero-order chi connectivity index (χ0) is 15.6. The minimum absolute atomic E-state index is 0.451. The summed E-state index contributed by atoms with van der Waals surface area (Å²) in [4.78, 5) is 9.73. The number of carbonyl (C=O) groups is 1. The van der Waals surface area contributed by atoms with Gasteiger partial charge in [-0.3, -0.25) is 4.79 Å². The van der Waals surface area contributed by atoms with E-state index in [1.165, 1.54) is 12.1 Å². The van der Waals surface area contributed by atoms with Crippen LogP contribution in [0.5, 0.6) is 0 Å². The first kappa shape index (κ1) is 16.6. The van der Waals surface area contributed by atoms with Gasteiger partial charge in [0.15, 0.2) is 0 Å². The Morgan fingerprint density at radius 1 is 1.10 bits per heavy atom. The first-order valence-electron chi connectivity index (χ1n) is 5.39. The molecular weight excluding hydrogens is 308 g/mol. The lowest BCUT2D eigenvalue weighted by molar-refractivity contribution is -0.138. The third kappa shape index (κ3) is 3.54. The number of rotatable bonds is 6. The lowest BCUT2D eigenvalue weighted by Gasteiger charge is -2.13. The molecule has 8 nitrogen and oxygen atoms in total. The Morgan fingerprint density at radius 2 is 1.55 bits per heavy atom. The molecular formula is C10H14N2O6S2. The van der Waals surface area contributed by atoms with Crippen LogP contribution < -0.4 is 9.44 Å². The molecule has 0 aliphatic rings. The highest BCUT2D eigenvalue weighted by molar-refractivity contribution is 7.92. The van der Waals surface area contributed by atoms with E-state index in [-0.39, 0.29) is 0 Å². The molecule has 0 heterocycles. The van der Waals surface area contributed by atoms with Crippen molar-refractivity contribution in [1.82, 2.24) is 9.44 Å². The lowest BCUT2D eigenvalue weighted by atomic mass is 10.4. The van der Waals surface area contributed by atoms with Gasteiger partial charge in [-0.25, -0.2) is 21.6 Å². The second-order valence-corrected chi connectivity index (χ2v) is 7.37. The van der Waals surface area contributed by atoms with Crippen LogP contribution in [-0.2, 0) is 24.8 Å². The number of hydrogen-bond acceptors (Lipinski definition) is 5. The van der Waals surface area contributed by atoms with Gasteiger partial charge in [0.05, 0.1) is 0 Å². The van der Waals surface area contributed by atoms with Gasteiger partial charge >= 0.3 is 5.97 Å². The summed E-state index contributed by atoms with van der Waals surface area (Å²) in [5.74, 6) is -1.37. The Bertz CT molecular complexity index is 711. The van der Waals surface area contributed by atoms with Gasteiger partial charge in [0.2, 0.25) is 20.0 Å².